The van der Waals surface area contributed by atoms with E-state index in [1.165, 1.54) is 45.1 Å². The van der Waals surface area contributed by atoms with E-state index in [1.54, 1.807) is 0 Å². The number of rotatable bonds is 3. The van der Waals surface area contributed by atoms with Crippen molar-refractivity contribution in [3.05, 3.63) is 0 Å². The zero-order valence-corrected chi connectivity index (χ0v) is 10.2. The molecule has 0 amide bonds. The summed E-state index contributed by atoms with van der Waals surface area (Å²) >= 11 is 6.05. The van der Waals surface area contributed by atoms with Gasteiger partial charge < -0.3 is 4.74 Å². The Morgan fingerprint density at radius 2 is 2.07 bits per heavy atom. The number of halogens is 1. The van der Waals surface area contributed by atoms with Crippen LogP contribution in [-0.4, -0.2) is 42.6 Å². The van der Waals surface area contributed by atoms with Crippen LogP contribution in [0.2, 0.25) is 0 Å². The summed E-state index contributed by atoms with van der Waals surface area (Å²) in [4.78, 5) is 2.57. The maximum Gasteiger partial charge on any atom is 0.0702 e. The van der Waals surface area contributed by atoms with E-state index in [2.05, 4.69) is 4.90 Å². The highest BCUT2D eigenvalue weighted by Crippen LogP contribution is 2.21. The minimum absolute atomic E-state index is 0.480. The highest BCUT2D eigenvalue weighted by atomic mass is 35.5. The summed E-state index contributed by atoms with van der Waals surface area (Å²) in [5.41, 5.74) is 0. The summed E-state index contributed by atoms with van der Waals surface area (Å²) in [6.45, 7) is 3.29. The SMILES string of the molecule is ClCC1CCCCCN1CC1CCCO1. The second kappa shape index (κ2) is 6.07. The van der Waals surface area contributed by atoms with E-state index >= 15 is 0 Å². The molecule has 0 aromatic carbocycles. The molecule has 2 heterocycles. The lowest BCUT2D eigenvalue weighted by molar-refractivity contribution is 0.0615. The van der Waals surface area contributed by atoms with Crippen LogP contribution in [0, 0.1) is 0 Å². The van der Waals surface area contributed by atoms with E-state index in [4.69, 9.17) is 16.3 Å². The first-order valence-electron chi connectivity index (χ1n) is 6.32. The number of alkyl halides is 1. The van der Waals surface area contributed by atoms with Crippen LogP contribution in [0.5, 0.6) is 0 Å². The van der Waals surface area contributed by atoms with E-state index in [0.717, 1.165) is 19.0 Å². The molecule has 88 valence electrons. The molecule has 0 saturated carbocycles. The third kappa shape index (κ3) is 3.33. The van der Waals surface area contributed by atoms with Crippen molar-refractivity contribution < 1.29 is 4.74 Å². The molecule has 0 bridgehead atoms. The highest BCUT2D eigenvalue weighted by Gasteiger charge is 2.25. The van der Waals surface area contributed by atoms with Gasteiger partial charge in [-0.2, -0.15) is 0 Å². The normalized spacial score (nSPS) is 34.2. The van der Waals surface area contributed by atoms with Gasteiger partial charge in [-0.3, -0.25) is 4.90 Å². The van der Waals surface area contributed by atoms with E-state index < -0.39 is 0 Å². The Hall–Kier alpha value is 0.210. The quantitative estimate of drug-likeness (QED) is 0.693. The van der Waals surface area contributed by atoms with Crippen LogP contribution in [0.4, 0.5) is 0 Å². The van der Waals surface area contributed by atoms with Crippen LogP contribution >= 0.6 is 11.6 Å². The van der Waals surface area contributed by atoms with E-state index in [1.807, 2.05) is 0 Å². The monoisotopic (exact) mass is 231 g/mol. The van der Waals surface area contributed by atoms with Gasteiger partial charge >= 0.3 is 0 Å². The number of hydrogen-bond donors (Lipinski definition) is 0. The third-order valence-corrected chi connectivity index (χ3v) is 4.00. The lowest BCUT2D eigenvalue weighted by Crippen LogP contribution is -2.41. The average Bonchev–Trinajstić information content (AvgIpc) is 2.64. The van der Waals surface area contributed by atoms with E-state index in [-0.39, 0.29) is 0 Å². The van der Waals surface area contributed by atoms with Crippen molar-refractivity contribution in [1.29, 1.82) is 0 Å². The molecule has 0 aromatic rings. The van der Waals surface area contributed by atoms with Gasteiger partial charge in [0, 0.05) is 25.1 Å². The fourth-order valence-electron chi connectivity index (χ4n) is 2.70. The Balaban J connectivity index is 1.85. The van der Waals surface area contributed by atoms with Crippen molar-refractivity contribution in [3.63, 3.8) is 0 Å². The van der Waals surface area contributed by atoms with Gasteiger partial charge in [-0.25, -0.2) is 0 Å². The molecule has 0 N–H and O–H groups in total. The highest BCUT2D eigenvalue weighted by molar-refractivity contribution is 6.18. The lowest BCUT2D eigenvalue weighted by atomic mass is 10.1. The lowest BCUT2D eigenvalue weighted by Gasteiger charge is -2.30. The molecular formula is C12H22ClNO. The van der Waals surface area contributed by atoms with Crippen LogP contribution < -0.4 is 0 Å². The summed E-state index contributed by atoms with van der Waals surface area (Å²) in [5.74, 6) is 0.784. The summed E-state index contributed by atoms with van der Waals surface area (Å²) in [5, 5.41) is 0. The molecule has 15 heavy (non-hydrogen) atoms. The zero-order valence-electron chi connectivity index (χ0n) is 9.46. The first-order valence-corrected chi connectivity index (χ1v) is 6.85. The third-order valence-electron chi connectivity index (χ3n) is 3.64. The molecule has 2 saturated heterocycles. The first kappa shape index (κ1) is 11.7. The molecule has 2 atom stereocenters. The molecule has 2 aliphatic rings. The Labute approximate surface area is 97.9 Å². The molecule has 3 heteroatoms. The average molecular weight is 232 g/mol. The van der Waals surface area contributed by atoms with Crippen molar-refractivity contribution >= 4 is 11.6 Å². The number of ether oxygens (including phenoxy) is 1. The zero-order chi connectivity index (χ0) is 10.5. The van der Waals surface area contributed by atoms with Gasteiger partial charge in [0.2, 0.25) is 0 Å². The second-order valence-electron chi connectivity index (χ2n) is 4.79. The van der Waals surface area contributed by atoms with E-state index in [9.17, 15) is 0 Å². The van der Waals surface area contributed by atoms with Gasteiger partial charge in [0.05, 0.1) is 6.10 Å². The van der Waals surface area contributed by atoms with Crippen LogP contribution in [0.1, 0.15) is 38.5 Å². The van der Waals surface area contributed by atoms with E-state index in [0.29, 0.717) is 12.1 Å². The first-order chi connectivity index (χ1) is 7.40. The predicted octanol–water partition coefficient (Wildman–Crippen LogP) is 2.65. The van der Waals surface area contributed by atoms with Gasteiger partial charge in [0.25, 0.3) is 0 Å². The van der Waals surface area contributed by atoms with Crippen LogP contribution in [-0.2, 0) is 4.74 Å². The summed E-state index contributed by atoms with van der Waals surface area (Å²) in [6.07, 6.45) is 8.29. The molecule has 2 aliphatic heterocycles. The molecule has 0 radical (unpaired) electrons. The van der Waals surface area contributed by atoms with Gasteiger partial charge in [-0.15, -0.1) is 11.6 Å². The minimum Gasteiger partial charge on any atom is -0.377 e. The Morgan fingerprint density at radius 1 is 1.13 bits per heavy atom. The van der Waals surface area contributed by atoms with Crippen LogP contribution in [0.15, 0.2) is 0 Å². The standard InChI is InChI=1S/C12H22ClNO/c13-9-11-5-2-1-3-7-14(11)10-12-6-4-8-15-12/h11-12H,1-10H2. The molecule has 2 fully saturated rings. The minimum atomic E-state index is 0.480. The number of nitrogens with zero attached hydrogens (tertiary/aromatic N) is 1. The summed E-state index contributed by atoms with van der Waals surface area (Å²) < 4.78 is 5.70. The topological polar surface area (TPSA) is 12.5 Å². The van der Waals surface area contributed by atoms with Crippen molar-refractivity contribution in [3.8, 4) is 0 Å². The number of hydrogen-bond acceptors (Lipinski definition) is 2. The predicted molar refractivity (Wildman–Crippen MR) is 63.5 cm³/mol. The molecule has 2 rings (SSSR count). The molecule has 0 spiro atoms. The maximum atomic E-state index is 6.05. The summed E-state index contributed by atoms with van der Waals surface area (Å²) in [7, 11) is 0. The Morgan fingerprint density at radius 3 is 2.80 bits per heavy atom. The van der Waals surface area contributed by atoms with Gasteiger partial charge in [0.1, 0.15) is 0 Å². The van der Waals surface area contributed by atoms with Gasteiger partial charge in [-0.1, -0.05) is 12.8 Å². The van der Waals surface area contributed by atoms with Crippen molar-refractivity contribution in [2.75, 3.05) is 25.6 Å². The van der Waals surface area contributed by atoms with Gasteiger partial charge in [0.15, 0.2) is 0 Å². The van der Waals surface area contributed by atoms with Crippen molar-refractivity contribution in [2.45, 2.75) is 50.7 Å². The molecule has 2 unspecified atom stereocenters. The van der Waals surface area contributed by atoms with Crippen LogP contribution in [0.25, 0.3) is 0 Å². The molecular weight excluding hydrogens is 210 g/mol. The summed E-state index contributed by atoms with van der Waals surface area (Å²) in [6, 6.07) is 0.596. The Bertz CT molecular complexity index is 182. The molecule has 2 nitrogen and oxygen atoms in total. The smallest absolute Gasteiger partial charge is 0.0702 e. The van der Waals surface area contributed by atoms with Crippen LogP contribution in [0.3, 0.4) is 0 Å². The van der Waals surface area contributed by atoms with Gasteiger partial charge in [-0.05, 0) is 32.2 Å². The largest absolute Gasteiger partial charge is 0.377 e. The fraction of sp³-hybridized carbons (Fsp3) is 1.00. The fourth-order valence-corrected chi connectivity index (χ4v) is 3.05. The second-order valence-corrected chi connectivity index (χ2v) is 5.10. The van der Waals surface area contributed by atoms with Crippen molar-refractivity contribution in [1.82, 2.24) is 4.90 Å². The molecule has 0 aliphatic carbocycles. The van der Waals surface area contributed by atoms with Crippen molar-refractivity contribution in [2.24, 2.45) is 0 Å². The maximum absolute atomic E-state index is 6.05. The molecule has 0 aromatic heterocycles. The Kier molecular flexibility index (Phi) is 4.73. The number of likely N-dealkylation sites (tertiary alicyclic amines) is 1.